The second kappa shape index (κ2) is 21.1. The van der Waals surface area contributed by atoms with Gasteiger partial charge in [-0.05, 0) is 52.7 Å². The molecule has 5 rings (SSSR count). The van der Waals surface area contributed by atoms with Gasteiger partial charge < -0.3 is 0 Å². The van der Waals surface area contributed by atoms with Crippen LogP contribution in [0.15, 0.2) is 133 Å². The maximum Gasteiger partial charge on any atom is -0.0184 e. The Balaban J connectivity index is 0.000000494. The van der Waals surface area contributed by atoms with Gasteiger partial charge in [0.05, 0.1) is 0 Å². The molecule has 0 radical (unpaired) electrons. The van der Waals surface area contributed by atoms with E-state index in [0.717, 1.165) is 0 Å². The number of hydrogen-bond donors (Lipinski definition) is 0. The molecule has 0 aliphatic carbocycles. The predicted molar refractivity (Wildman–Crippen MR) is 178 cm³/mol. The zero-order valence-corrected chi connectivity index (χ0v) is 24.7. The summed E-state index contributed by atoms with van der Waals surface area (Å²) in [5.41, 5.74) is 10.5. The van der Waals surface area contributed by atoms with Crippen LogP contribution < -0.4 is 0 Å². The van der Waals surface area contributed by atoms with E-state index in [4.69, 9.17) is 0 Å². The van der Waals surface area contributed by atoms with Crippen LogP contribution in [-0.2, 0) is 0 Å². The Morgan fingerprint density at radius 3 is 0.718 bits per heavy atom. The molecule has 0 nitrogen and oxygen atoms in total. The summed E-state index contributed by atoms with van der Waals surface area (Å²) in [5, 5.41) is 0. The summed E-state index contributed by atoms with van der Waals surface area (Å²) in [4.78, 5) is 0. The molecule has 5 aromatic rings. The molecule has 206 valence electrons. The lowest BCUT2D eigenvalue weighted by Crippen LogP contribution is -1.76. The van der Waals surface area contributed by atoms with Crippen molar-refractivity contribution in [2.75, 3.05) is 0 Å². The quantitative estimate of drug-likeness (QED) is 0.207. The largest absolute Gasteiger partial charge is 0.0776 e. The maximum absolute atomic E-state index is 2.16. The van der Waals surface area contributed by atoms with Crippen molar-refractivity contribution in [3.05, 3.63) is 167 Å². The molecule has 5 aromatic carbocycles. The van der Waals surface area contributed by atoms with Crippen LogP contribution in [0.5, 0.6) is 0 Å². The molecule has 0 spiro atoms. The summed E-state index contributed by atoms with van der Waals surface area (Å²) in [6.45, 7) is 16.6. The maximum atomic E-state index is 2.16. The van der Waals surface area contributed by atoms with Crippen molar-refractivity contribution in [2.45, 2.75) is 62.8 Å². The monoisotopic (exact) mass is 518 g/mol. The highest BCUT2D eigenvalue weighted by Gasteiger charge is 1.93. The summed E-state index contributed by atoms with van der Waals surface area (Å²) in [6.07, 6.45) is 0. The molecule has 0 fully saturated rings. The van der Waals surface area contributed by atoms with Gasteiger partial charge in [0, 0.05) is 0 Å². The second-order valence-corrected chi connectivity index (χ2v) is 9.20. The van der Waals surface area contributed by atoms with E-state index in [0.29, 0.717) is 0 Å². The van der Waals surface area contributed by atoms with E-state index in [-0.39, 0.29) is 7.43 Å². The highest BCUT2D eigenvalue weighted by atomic mass is 14.0. The number of hydrogen-bond acceptors (Lipinski definition) is 0. The smallest absolute Gasteiger partial charge is 0.0184 e. The molecule has 0 heteroatoms. The number of rotatable bonds is 1. The average Bonchev–Trinajstić information content (AvgIpc) is 2.95. The van der Waals surface area contributed by atoms with Crippen LogP contribution in [0.25, 0.3) is 11.1 Å². The van der Waals surface area contributed by atoms with Gasteiger partial charge >= 0.3 is 0 Å². The van der Waals surface area contributed by atoms with E-state index in [1.54, 1.807) is 0 Å². The molecule has 0 aliphatic heterocycles. The normalized spacial score (nSPS) is 8.82. The van der Waals surface area contributed by atoms with Gasteiger partial charge in [0.15, 0.2) is 0 Å². The minimum absolute atomic E-state index is 0. The van der Waals surface area contributed by atoms with Crippen molar-refractivity contribution in [1.82, 2.24) is 0 Å². The lowest BCUT2D eigenvalue weighted by Gasteiger charge is -2.00. The predicted octanol–water partition coefficient (Wildman–Crippen LogP) is 11.9. The van der Waals surface area contributed by atoms with Crippen molar-refractivity contribution in [2.24, 2.45) is 0 Å². The second-order valence-electron chi connectivity index (χ2n) is 9.20. The van der Waals surface area contributed by atoms with Gasteiger partial charge in [-0.15, -0.1) is 0 Å². The first kappa shape index (κ1) is 35.1. The Labute approximate surface area is 240 Å². The van der Waals surface area contributed by atoms with E-state index >= 15 is 0 Å². The average molecular weight is 519 g/mol. The molecule has 0 aromatic heterocycles. The molecular weight excluding hydrogens is 468 g/mol. The minimum Gasteiger partial charge on any atom is -0.0776 e. The SMILES string of the molecule is C.CC.Cc1ccc(-c2ccccc2)cc1.Cc1ccc(C)cc1.Cc1ccc(C)cc1.Cc1ccccc1. The molecule has 0 bridgehead atoms. The molecule has 0 N–H and O–H groups in total. The van der Waals surface area contributed by atoms with Crippen LogP contribution in [0.3, 0.4) is 0 Å². The third-order valence-electron chi connectivity index (χ3n) is 5.54. The summed E-state index contributed by atoms with van der Waals surface area (Å²) < 4.78 is 0. The van der Waals surface area contributed by atoms with E-state index in [1.807, 2.05) is 38.1 Å². The van der Waals surface area contributed by atoms with Crippen LogP contribution in [0.4, 0.5) is 0 Å². The van der Waals surface area contributed by atoms with Crippen molar-refractivity contribution >= 4 is 0 Å². The third kappa shape index (κ3) is 16.5. The lowest BCUT2D eigenvalue weighted by molar-refractivity contribution is 1.40. The summed E-state index contributed by atoms with van der Waals surface area (Å²) in [5.74, 6) is 0. The topological polar surface area (TPSA) is 0 Å². The molecule has 0 unspecified atom stereocenters. The van der Waals surface area contributed by atoms with Crippen molar-refractivity contribution in [3.63, 3.8) is 0 Å². The fourth-order valence-electron chi connectivity index (χ4n) is 3.18. The van der Waals surface area contributed by atoms with Crippen molar-refractivity contribution in [1.29, 1.82) is 0 Å². The van der Waals surface area contributed by atoms with Gasteiger partial charge in [-0.2, -0.15) is 0 Å². The highest BCUT2D eigenvalue weighted by Crippen LogP contribution is 2.18. The molecule has 0 aliphatic rings. The summed E-state index contributed by atoms with van der Waals surface area (Å²) in [7, 11) is 0. The summed E-state index contributed by atoms with van der Waals surface area (Å²) in [6, 6.07) is 46.2. The van der Waals surface area contributed by atoms with Gasteiger partial charge in [-0.3, -0.25) is 0 Å². The number of benzene rings is 5. The third-order valence-corrected chi connectivity index (χ3v) is 5.54. The molecular formula is C39H50. The van der Waals surface area contributed by atoms with Gasteiger partial charge in [0.2, 0.25) is 0 Å². The molecule has 0 saturated carbocycles. The zero-order valence-electron chi connectivity index (χ0n) is 24.7. The lowest BCUT2D eigenvalue weighted by atomic mass is 10.0. The van der Waals surface area contributed by atoms with Crippen molar-refractivity contribution in [3.8, 4) is 11.1 Å². The standard InChI is InChI=1S/C13H12.2C8H10.C7H8.C2H6.CH4/c1-11-7-9-13(10-8-11)12-5-3-2-4-6-12;2*1-7-3-5-8(2)6-4-7;1-7-5-3-2-4-6-7;1-2;/h2-10H,1H3;2*3-6H,1-2H3;2-6H,1H3;1-2H3;1H4. The highest BCUT2D eigenvalue weighted by molar-refractivity contribution is 5.63. The Morgan fingerprint density at radius 2 is 0.462 bits per heavy atom. The first-order valence-electron chi connectivity index (χ1n) is 13.5. The molecule has 0 saturated heterocycles. The Bertz CT molecular complexity index is 1130. The Kier molecular flexibility index (Phi) is 19.0. The van der Waals surface area contributed by atoms with Crippen LogP contribution in [0, 0.1) is 41.5 Å². The zero-order chi connectivity index (χ0) is 28.2. The molecule has 0 amide bonds. The van der Waals surface area contributed by atoms with E-state index < -0.39 is 0 Å². The van der Waals surface area contributed by atoms with Crippen LogP contribution in [0.2, 0.25) is 0 Å². The molecule has 0 heterocycles. The molecule has 39 heavy (non-hydrogen) atoms. The fraction of sp³-hybridized carbons (Fsp3) is 0.231. The molecule has 0 atom stereocenters. The first-order valence-corrected chi connectivity index (χ1v) is 13.5. The minimum atomic E-state index is 0. The van der Waals surface area contributed by atoms with Gasteiger partial charge in [0.25, 0.3) is 0 Å². The summed E-state index contributed by atoms with van der Waals surface area (Å²) >= 11 is 0. The van der Waals surface area contributed by atoms with Gasteiger partial charge in [-0.25, -0.2) is 0 Å². The van der Waals surface area contributed by atoms with Crippen LogP contribution in [-0.4, -0.2) is 0 Å². The van der Waals surface area contributed by atoms with E-state index in [1.165, 1.54) is 44.5 Å². The van der Waals surface area contributed by atoms with Crippen LogP contribution in [0.1, 0.15) is 54.7 Å². The van der Waals surface area contributed by atoms with E-state index in [2.05, 4.69) is 151 Å². The Hall–Kier alpha value is -3.90. The first-order chi connectivity index (χ1) is 18.3. The van der Waals surface area contributed by atoms with E-state index in [9.17, 15) is 0 Å². The van der Waals surface area contributed by atoms with Gasteiger partial charge in [0.1, 0.15) is 0 Å². The van der Waals surface area contributed by atoms with Crippen LogP contribution >= 0.6 is 0 Å². The van der Waals surface area contributed by atoms with Crippen molar-refractivity contribution < 1.29 is 0 Å². The fourth-order valence-corrected chi connectivity index (χ4v) is 3.18. The number of aryl methyl sites for hydroxylation is 6. The Morgan fingerprint density at radius 1 is 0.256 bits per heavy atom. The van der Waals surface area contributed by atoms with Gasteiger partial charge in [-0.1, -0.05) is 188 Å².